The zero-order valence-electron chi connectivity index (χ0n) is 19.8. The topological polar surface area (TPSA) is 93.5 Å². The fourth-order valence-electron chi connectivity index (χ4n) is 5.86. The van der Waals surface area contributed by atoms with E-state index in [2.05, 4.69) is 15.3 Å². The number of hydrogen-bond donors (Lipinski definition) is 1. The third-order valence-corrected chi connectivity index (χ3v) is 9.41. The van der Waals surface area contributed by atoms with Crippen LogP contribution in [0.5, 0.6) is 5.75 Å². The van der Waals surface area contributed by atoms with Gasteiger partial charge >= 0.3 is 0 Å². The Balaban J connectivity index is 1.36. The van der Waals surface area contributed by atoms with E-state index < -0.39 is 9.84 Å². The summed E-state index contributed by atoms with van der Waals surface area (Å²) >= 11 is 0. The minimum atomic E-state index is -3.09. The summed E-state index contributed by atoms with van der Waals surface area (Å²) in [5, 5.41) is 7.76. The highest BCUT2D eigenvalue weighted by Crippen LogP contribution is 2.32. The van der Waals surface area contributed by atoms with Crippen molar-refractivity contribution >= 4 is 15.7 Å². The van der Waals surface area contributed by atoms with Crippen LogP contribution in [0.4, 0.5) is 0 Å². The Morgan fingerprint density at radius 3 is 2.65 bits per heavy atom. The highest BCUT2D eigenvalue weighted by molar-refractivity contribution is 7.91. The molecule has 0 saturated carbocycles. The first-order valence-corrected chi connectivity index (χ1v) is 14.2. The van der Waals surface area contributed by atoms with Gasteiger partial charge in [-0.15, -0.1) is 0 Å². The molecule has 9 heteroatoms. The number of carbonyl (C=O) groups is 1. The Kier molecular flexibility index (Phi) is 6.66. The Labute approximate surface area is 201 Å². The fraction of sp³-hybridized carbons (Fsp3) is 0.600. The Hall–Kier alpha value is -2.39. The molecule has 34 heavy (non-hydrogen) atoms. The van der Waals surface area contributed by atoms with Crippen LogP contribution >= 0.6 is 0 Å². The molecule has 1 aromatic heterocycles. The predicted octanol–water partition coefficient (Wildman–Crippen LogP) is 2.91. The van der Waals surface area contributed by atoms with Gasteiger partial charge in [0.25, 0.3) is 5.91 Å². The lowest BCUT2D eigenvalue weighted by atomic mass is 9.83. The van der Waals surface area contributed by atoms with E-state index in [4.69, 9.17) is 4.74 Å². The van der Waals surface area contributed by atoms with E-state index >= 15 is 0 Å². The summed E-state index contributed by atoms with van der Waals surface area (Å²) in [6.07, 6.45) is 6.60. The van der Waals surface area contributed by atoms with Crippen molar-refractivity contribution in [3.63, 3.8) is 0 Å². The molecular formula is C25H34N4O4S. The van der Waals surface area contributed by atoms with Gasteiger partial charge in [-0.1, -0.05) is 6.42 Å². The largest absolute Gasteiger partial charge is 0.497 e. The highest BCUT2D eigenvalue weighted by Gasteiger charge is 2.34. The standard InChI is InChI=1S/C25H34N4O4S/c1-33-21-9-7-18(8-10-21)24-15-22(27-29(24)20-11-14-34(31,32)17-20)25(30)26-16-19-5-4-13-28-12-3-2-6-23(19)28/h7-10,15,19-20,23H,2-6,11-14,16-17H2,1H3,(H,26,30)/t19-,20?,23+/m0/s1. The van der Waals surface area contributed by atoms with Gasteiger partial charge in [0.15, 0.2) is 15.5 Å². The molecule has 0 bridgehead atoms. The number of piperidine rings is 2. The molecule has 1 amide bonds. The van der Waals surface area contributed by atoms with Crippen LogP contribution in [0, 0.1) is 5.92 Å². The molecule has 0 aliphatic carbocycles. The number of hydrogen-bond acceptors (Lipinski definition) is 6. The molecule has 4 heterocycles. The number of methoxy groups -OCH3 is 1. The number of benzene rings is 1. The van der Waals surface area contributed by atoms with Crippen LogP contribution in [0.25, 0.3) is 11.3 Å². The van der Waals surface area contributed by atoms with Crippen molar-refractivity contribution in [3.8, 4) is 17.0 Å². The lowest BCUT2D eigenvalue weighted by molar-refractivity contribution is 0.0575. The third-order valence-electron chi connectivity index (χ3n) is 7.66. The summed E-state index contributed by atoms with van der Waals surface area (Å²) in [6, 6.07) is 9.63. The first-order valence-electron chi connectivity index (χ1n) is 12.4. The number of nitrogens with zero attached hydrogens (tertiary/aromatic N) is 3. The molecule has 1 N–H and O–H groups in total. The summed E-state index contributed by atoms with van der Waals surface area (Å²) in [4.78, 5) is 15.7. The number of amides is 1. The van der Waals surface area contributed by atoms with Crippen molar-refractivity contribution in [2.24, 2.45) is 5.92 Å². The van der Waals surface area contributed by atoms with Gasteiger partial charge in [0, 0.05) is 18.2 Å². The Morgan fingerprint density at radius 2 is 1.91 bits per heavy atom. The van der Waals surface area contributed by atoms with E-state index in [1.807, 2.05) is 24.3 Å². The smallest absolute Gasteiger partial charge is 0.271 e. The van der Waals surface area contributed by atoms with E-state index in [0.717, 1.165) is 23.4 Å². The lowest BCUT2D eigenvalue weighted by Crippen LogP contribution is -2.51. The summed E-state index contributed by atoms with van der Waals surface area (Å²) in [6.45, 7) is 3.01. The first-order chi connectivity index (χ1) is 16.4. The molecular weight excluding hydrogens is 452 g/mol. The molecule has 1 unspecified atom stereocenters. The number of fused-ring (bicyclic) bond motifs is 1. The molecule has 5 rings (SSSR count). The van der Waals surface area contributed by atoms with Crippen molar-refractivity contribution in [1.82, 2.24) is 20.0 Å². The molecule has 184 valence electrons. The van der Waals surface area contributed by atoms with Crippen molar-refractivity contribution in [3.05, 3.63) is 36.0 Å². The van der Waals surface area contributed by atoms with Gasteiger partial charge in [-0.25, -0.2) is 8.42 Å². The molecule has 8 nitrogen and oxygen atoms in total. The van der Waals surface area contributed by atoms with Crippen LogP contribution in [-0.4, -0.2) is 73.3 Å². The number of ether oxygens (including phenoxy) is 1. The molecule has 3 fully saturated rings. The molecule has 0 spiro atoms. The lowest BCUT2D eigenvalue weighted by Gasteiger charge is -2.44. The average molecular weight is 487 g/mol. The normalized spacial score (nSPS) is 26.7. The SMILES string of the molecule is COc1ccc(-c2cc(C(=O)NC[C@@H]3CCCN4CCCC[C@H]34)nn2C2CCS(=O)(=O)C2)cc1. The average Bonchev–Trinajstić information content (AvgIpc) is 3.46. The number of aromatic nitrogens is 2. The zero-order chi connectivity index (χ0) is 23.7. The zero-order valence-corrected chi connectivity index (χ0v) is 20.6. The summed E-state index contributed by atoms with van der Waals surface area (Å²) in [7, 11) is -1.47. The first kappa shape index (κ1) is 23.4. The highest BCUT2D eigenvalue weighted by atomic mass is 32.2. The van der Waals surface area contributed by atoms with Gasteiger partial charge in [0.05, 0.1) is 30.4 Å². The van der Waals surface area contributed by atoms with Gasteiger partial charge in [0.2, 0.25) is 0 Å². The maximum absolute atomic E-state index is 13.1. The third kappa shape index (κ3) is 4.86. The fourth-order valence-corrected chi connectivity index (χ4v) is 7.55. The van der Waals surface area contributed by atoms with Crippen molar-refractivity contribution < 1.29 is 17.9 Å². The molecule has 1 aromatic carbocycles. The molecule has 3 saturated heterocycles. The monoisotopic (exact) mass is 486 g/mol. The van der Waals surface area contributed by atoms with Gasteiger partial charge in [-0.05, 0) is 81.4 Å². The number of rotatable bonds is 6. The van der Waals surface area contributed by atoms with E-state index in [0.29, 0.717) is 30.6 Å². The second-order valence-electron chi connectivity index (χ2n) is 9.86. The van der Waals surface area contributed by atoms with Crippen LogP contribution < -0.4 is 10.1 Å². The molecule has 3 atom stereocenters. The van der Waals surface area contributed by atoms with Gasteiger partial charge in [-0.3, -0.25) is 9.48 Å². The predicted molar refractivity (Wildman–Crippen MR) is 131 cm³/mol. The van der Waals surface area contributed by atoms with Crippen LogP contribution in [0.15, 0.2) is 30.3 Å². The van der Waals surface area contributed by atoms with E-state index in [1.165, 1.54) is 38.8 Å². The van der Waals surface area contributed by atoms with Crippen molar-refractivity contribution in [1.29, 1.82) is 0 Å². The van der Waals surface area contributed by atoms with Crippen molar-refractivity contribution in [2.75, 3.05) is 38.2 Å². The minimum absolute atomic E-state index is 0.0541. The number of nitrogens with one attached hydrogen (secondary N) is 1. The van der Waals surface area contributed by atoms with Crippen molar-refractivity contribution in [2.45, 2.75) is 50.6 Å². The van der Waals surface area contributed by atoms with E-state index in [1.54, 1.807) is 17.9 Å². The molecule has 3 aliphatic rings. The maximum Gasteiger partial charge on any atom is 0.271 e. The number of sulfone groups is 1. The Bertz CT molecular complexity index is 1130. The van der Waals surface area contributed by atoms with E-state index in [-0.39, 0.29) is 23.5 Å². The van der Waals surface area contributed by atoms with Gasteiger partial charge < -0.3 is 15.0 Å². The van der Waals surface area contributed by atoms with Gasteiger partial charge in [0.1, 0.15) is 5.75 Å². The van der Waals surface area contributed by atoms with Crippen LogP contribution in [0.3, 0.4) is 0 Å². The van der Waals surface area contributed by atoms with Gasteiger partial charge in [-0.2, -0.15) is 5.10 Å². The summed E-state index contributed by atoms with van der Waals surface area (Å²) < 4.78 is 31.3. The van der Waals surface area contributed by atoms with Crippen LogP contribution in [-0.2, 0) is 9.84 Å². The number of carbonyl (C=O) groups excluding carboxylic acids is 1. The minimum Gasteiger partial charge on any atom is -0.497 e. The molecule has 3 aliphatic heterocycles. The summed E-state index contributed by atoms with van der Waals surface area (Å²) in [5.74, 6) is 1.22. The summed E-state index contributed by atoms with van der Waals surface area (Å²) in [5.41, 5.74) is 1.97. The Morgan fingerprint density at radius 1 is 1.12 bits per heavy atom. The van der Waals surface area contributed by atoms with Crippen LogP contribution in [0.2, 0.25) is 0 Å². The second-order valence-corrected chi connectivity index (χ2v) is 12.1. The quantitative estimate of drug-likeness (QED) is 0.675. The molecule has 2 aromatic rings. The maximum atomic E-state index is 13.1. The molecule has 0 radical (unpaired) electrons. The van der Waals surface area contributed by atoms with E-state index in [9.17, 15) is 13.2 Å². The second kappa shape index (κ2) is 9.70. The van der Waals surface area contributed by atoms with Crippen LogP contribution in [0.1, 0.15) is 55.1 Å².